The predicted octanol–water partition coefficient (Wildman–Crippen LogP) is 0.465. The molecule has 0 bridgehead atoms. The normalized spacial score (nSPS) is 13.8. The molecule has 15 heavy (non-hydrogen) atoms. The van der Waals surface area contributed by atoms with Crippen LogP contribution in [0.3, 0.4) is 0 Å². The van der Waals surface area contributed by atoms with E-state index in [9.17, 15) is 9.18 Å². The third-order valence-corrected chi connectivity index (χ3v) is 2.93. The molecule has 0 spiro atoms. The molecule has 0 saturated carbocycles. The number of hydrogen-bond donors (Lipinski definition) is 0. The van der Waals surface area contributed by atoms with Crippen molar-refractivity contribution in [3.05, 3.63) is 28.5 Å². The summed E-state index contributed by atoms with van der Waals surface area (Å²) in [7, 11) is 1.45. The molecule has 0 aromatic heterocycles. The first-order chi connectivity index (χ1) is 7.17. The van der Waals surface area contributed by atoms with Crippen molar-refractivity contribution in [3.8, 4) is 5.75 Å². The number of rotatable bonds is 2. The molecule has 0 aliphatic carbocycles. The summed E-state index contributed by atoms with van der Waals surface area (Å²) in [5, 5.41) is 0.634. The molecule has 1 aliphatic rings. The van der Waals surface area contributed by atoms with E-state index in [0.29, 0.717) is 15.9 Å². The zero-order valence-corrected chi connectivity index (χ0v) is 9.02. The third kappa shape index (κ3) is 1.52. The van der Waals surface area contributed by atoms with E-state index in [4.69, 9.17) is 4.74 Å². The maximum atomic E-state index is 13.5. The Balaban J connectivity index is 2.86. The Kier molecular flexibility index (Phi) is 2.48. The van der Waals surface area contributed by atoms with E-state index in [1.165, 1.54) is 24.9 Å². The average Bonchev–Trinajstić information content (AvgIpc) is 2.54. The van der Waals surface area contributed by atoms with Crippen molar-refractivity contribution in [2.24, 2.45) is 4.99 Å². The van der Waals surface area contributed by atoms with Gasteiger partial charge in [0.15, 0.2) is 5.82 Å². The number of halogens is 1. The lowest BCUT2D eigenvalue weighted by atomic mass is 10.2. The molecular weight excluding hydrogens is 217 g/mol. The van der Waals surface area contributed by atoms with E-state index in [0.717, 1.165) is 0 Å². The van der Waals surface area contributed by atoms with E-state index >= 15 is 0 Å². The number of nitrogens with zero attached hydrogens (tertiary/aromatic N) is 1. The second kappa shape index (κ2) is 3.66. The van der Waals surface area contributed by atoms with Crippen LogP contribution in [-0.2, 0) is 4.79 Å². The van der Waals surface area contributed by atoms with E-state index < -0.39 is 5.82 Å². The third-order valence-electron chi connectivity index (χ3n) is 2.13. The molecule has 2 rings (SSSR count). The van der Waals surface area contributed by atoms with Crippen molar-refractivity contribution in [1.82, 2.24) is 0 Å². The number of carbonyl (C=O) groups excluding carboxylic acids is 1. The minimum absolute atomic E-state index is 0.116. The summed E-state index contributed by atoms with van der Waals surface area (Å²) in [5.74, 6) is -0.519. The molecule has 0 N–H and O–H groups in total. The van der Waals surface area contributed by atoms with E-state index in [1.807, 2.05) is 0 Å². The summed E-state index contributed by atoms with van der Waals surface area (Å²) < 4.78 is 18.4. The fraction of sp³-hybridized carbons (Fsp3) is 0.200. The molecule has 1 aliphatic heterocycles. The van der Waals surface area contributed by atoms with Crippen LogP contribution in [0.15, 0.2) is 17.1 Å². The summed E-state index contributed by atoms with van der Waals surface area (Å²) in [6, 6.07) is 2.84. The van der Waals surface area contributed by atoms with Gasteiger partial charge in [-0.25, -0.2) is 9.38 Å². The molecule has 0 radical (unpaired) electrons. The minimum Gasteiger partial charge on any atom is -0.497 e. The van der Waals surface area contributed by atoms with Crippen LogP contribution < -0.4 is 15.3 Å². The number of amides is 1. The van der Waals surface area contributed by atoms with Gasteiger partial charge in [0.25, 0.3) is 5.91 Å². The molecule has 0 saturated heterocycles. The molecule has 5 heteroatoms. The highest BCUT2D eigenvalue weighted by molar-refractivity contribution is 8.08. The van der Waals surface area contributed by atoms with Crippen molar-refractivity contribution in [2.45, 2.75) is 0 Å². The smallest absolute Gasteiger partial charge is 0.284 e. The van der Waals surface area contributed by atoms with Gasteiger partial charge in [0.05, 0.1) is 12.0 Å². The topological polar surface area (TPSA) is 38.7 Å². The summed E-state index contributed by atoms with van der Waals surface area (Å²) in [6.07, 6.45) is 1.76. The van der Waals surface area contributed by atoms with Gasteiger partial charge >= 0.3 is 0 Å². The Bertz CT molecular complexity index is 553. The number of thioether (sulfide) groups is 1. The standard InChI is InChI=1S/C10H8FNO2S/c1-14-5-3-6-8(7(11)4-5)12-10(13)9(6)15-2/h3-4H,1-2H3. The van der Waals surface area contributed by atoms with Crippen LogP contribution in [0, 0.1) is 5.82 Å². The Morgan fingerprint density at radius 3 is 2.80 bits per heavy atom. The van der Waals surface area contributed by atoms with Gasteiger partial charge in [-0.2, -0.15) is 0 Å². The summed E-state index contributed by atoms with van der Waals surface area (Å²) >= 11 is 1.26. The largest absolute Gasteiger partial charge is 0.497 e. The van der Waals surface area contributed by atoms with Crippen LogP contribution in [0.4, 0.5) is 4.39 Å². The number of methoxy groups -OCH3 is 1. The minimum atomic E-state index is -0.526. The maximum absolute atomic E-state index is 13.5. The number of hydrogen-bond acceptors (Lipinski definition) is 3. The molecule has 0 atom stereocenters. The van der Waals surface area contributed by atoms with Crippen molar-refractivity contribution < 1.29 is 13.9 Å². The van der Waals surface area contributed by atoms with Gasteiger partial charge in [-0.3, -0.25) is 4.79 Å². The van der Waals surface area contributed by atoms with Gasteiger partial charge in [-0.1, -0.05) is 0 Å². The van der Waals surface area contributed by atoms with Gasteiger partial charge in [0.2, 0.25) is 0 Å². The Morgan fingerprint density at radius 2 is 2.20 bits per heavy atom. The van der Waals surface area contributed by atoms with Gasteiger partial charge in [-0.05, 0) is 12.3 Å². The average molecular weight is 225 g/mol. The second-order valence-electron chi connectivity index (χ2n) is 2.96. The van der Waals surface area contributed by atoms with Crippen LogP contribution >= 0.6 is 11.8 Å². The van der Waals surface area contributed by atoms with Gasteiger partial charge in [0.1, 0.15) is 11.1 Å². The fourth-order valence-electron chi connectivity index (χ4n) is 1.44. The van der Waals surface area contributed by atoms with Crippen LogP contribution in [0.2, 0.25) is 0 Å². The van der Waals surface area contributed by atoms with Crippen molar-refractivity contribution in [3.63, 3.8) is 0 Å². The molecule has 0 unspecified atom stereocenters. The van der Waals surface area contributed by atoms with Gasteiger partial charge < -0.3 is 4.74 Å². The molecule has 1 aromatic carbocycles. The first kappa shape index (κ1) is 10.2. The van der Waals surface area contributed by atoms with Crippen molar-refractivity contribution >= 4 is 22.6 Å². The van der Waals surface area contributed by atoms with Crippen LogP contribution in [-0.4, -0.2) is 19.3 Å². The molecule has 3 nitrogen and oxygen atoms in total. The highest BCUT2D eigenvalue weighted by Crippen LogP contribution is 2.16. The summed E-state index contributed by atoms with van der Waals surface area (Å²) in [6.45, 7) is 0. The predicted molar refractivity (Wildman–Crippen MR) is 55.7 cm³/mol. The lowest BCUT2D eigenvalue weighted by Crippen LogP contribution is -2.26. The number of carbonyl (C=O) groups is 1. The second-order valence-corrected chi connectivity index (χ2v) is 3.77. The summed E-state index contributed by atoms with van der Waals surface area (Å²) in [4.78, 5) is 15.5. The Labute approximate surface area is 89.7 Å². The fourth-order valence-corrected chi connectivity index (χ4v) is 2.04. The molecule has 1 heterocycles. The molecule has 0 fully saturated rings. The van der Waals surface area contributed by atoms with Crippen molar-refractivity contribution in [2.75, 3.05) is 13.4 Å². The zero-order chi connectivity index (χ0) is 11.0. The van der Waals surface area contributed by atoms with E-state index in [2.05, 4.69) is 4.99 Å². The molecular formula is C10H8FNO2S. The number of benzene rings is 1. The Morgan fingerprint density at radius 1 is 1.47 bits per heavy atom. The highest BCUT2D eigenvalue weighted by Gasteiger charge is 2.18. The first-order valence-electron chi connectivity index (χ1n) is 4.22. The Hall–Kier alpha value is -1.36. The number of fused-ring (bicyclic) bond motifs is 1. The lowest BCUT2D eigenvalue weighted by Gasteiger charge is -1.98. The summed E-state index contributed by atoms with van der Waals surface area (Å²) in [5.41, 5.74) is 0. The van der Waals surface area contributed by atoms with Gasteiger partial charge in [0, 0.05) is 11.3 Å². The van der Waals surface area contributed by atoms with Crippen LogP contribution in [0.1, 0.15) is 0 Å². The SMILES string of the molecule is COc1cc(F)c2c(c1)=C(SC)C(=O)N=2. The molecule has 78 valence electrons. The quantitative estimate of drug-likeness (QED) is 0.734. The number of ether oxygens (including phenoxy) is 1. The van der Waals surface area contributed by atoms with Crippen molar-refractivity contribution in [1.29, 1.82) is 0 Å². The molecule has 1 amide bonds. The van der Waals surface area contributed by atoms with Gasteiger partial charge in [-0.15, -0.1) is 11.8 Å². The molecule has 1 aromatic rings. The van der Waals surface area contributed by atoms with E-state index in [-0.39, 0.29) is 11.3 Å². The van der Waals surface area contributed by atoms with E-state index in [1.54, 1.807) is 12.3 Å². The first-order valence-corrected chi connectivity index (χ1v) is 5.44. The zero-order valence-electron chi connectivity index (χ0n) is 8.20. The lowest BCUT2D eigenvalue weighted by molar-refractivity contribution is -0.112. The monoisotopic (exact) mass is 225 g/mol. The van der Waals surface area contributed by atoms with Crippen LogP contribution in [0.25, 0.3) is 4.91 Å². The highest BCUT2D eigenvalue weighted by atomic mass is 32.2. The maximum Gasteiger partial charge on any atom is 0.284 e. The van der Waals surface area contributed by atoms with Crippen LogP contribution in [0.5, 0.6) is 5.75 Å².